The molecule has 0 aromatic heterocycles. The molecule has 2 heterocycles. The van der Waals surface area contributed by atoms with Gasteiger partial charge in [-0.25, -0.2) is 0 Å². The third-order valence-corrected chi connectivity index (χ3v) is 11.4. The molecule has 0 amide bonds. The van der Waals surface area contributed by atoms with Crippen molar-refractivity contribution in [2.45, 2.75) is 129 Å². The molecule has 6 rings (SSSR count). The minimum atomic E-state index is -4.35. The number of fused-ring (bicyclic) bond motifs is 4. The topological polar surface area (TPSA) is 6.25 Å². The van der Waals surface area contributed by atoms with Crippen molar-refractivity contribution in [1.29, 1.82) is 0 Å². The number of benzene rings is 2. The first-order valence-corrected chi connectivity index (χ1v) is 18.1. The molecule has 0 unspecified atom stereocenters. The van der Waals surface area contributed by atoms with Crippen LogP contribution in [-0.4, -0.2) is 23.4 Å². The highest BCUT2D eigenvalue weighted by Crippen LogP contribution is 2.56. The van der Waals surface area contributed by atoms with Crippen LogP contribution in [0.5, 0.6) is 0 Å². The largest absolute Gasteiger partial charge is 0.416 e. The Labute approximate surface area is 275 Å². The van der Waals surface area contributed by atoms with Crippen molar-refractivity contribution < 1.29 is 17.7 Å². The van der Waals surface area contributed by atoms with Gasteiger partial charge in [-0.05, 0) is 86.8 Å². The standard InChI is InChI=1S/C41H54F3N2/c1-29(2)19-25-45-35-17-15-31(5)27-33(35)39(21-8-6-9-22-39)37(45)13-12-14-38-40(23-10-7-11-24-40)34-28-32(41(42,43)44)16-18-36(34)46(38)26-20-30(3)4/h12-18,27-30H,6-11,19-26H2,1-5H3/q+1. The van der Waals surface area contributed by atoms with Crippen LogP contribution in [0, 0.1) is 18.8 Å². The summed E-state index contributed by atoms with van der Waals surface area (Å²) in [5, 5.41) is 0. The Bertz CT molecular complexity index is 1510. The Kier molecular flexibility index (Phi) is 9.35. The molecule has 0 saturated heterocycles. The monoisotopic (exact) mass is 631 g/mol. The quantitative estimate of drug-likeness (QED) is 0.263. The Morgan fingerprint density at radius 2 is 1.46 bits per heavy atom. The van der Waals surface area contributed by atoms with Gasteiger partial charge in [-0.3, -0.25) is 0 Å². The van der Waals surface area contributed by atoms with Gasteiger partial charge in [0.1, 0.15) is 6.54 Å². The zero-order valence-corrected chi connectivity index (χ0v) is 28.8. The van der Waals surface area contributed by atoms with E-state index in [9.17, 15) is 13.2 Å². The van der Waals surface area contributed by atoms with Crippen LogP contribution in [0.4, 0.5) is 24.5 Å². The molecule has 2 nitrogen and oxygen atoms in total. The number of anilines is 1. The van der Waals surface area contributed by atoms with Crippen LogP contribution in [0.3, 0.4) is 0 Å². The Morgan fingerprint density at radius 1 is 0.804 bits per heavy atom. The number of halogens is 3. The Balaban J connectivity index is 1.48. The summed E-state index contributed by atoms with van der Waals surface area (Å²) in [6, 6.07) is 11.6. The first-order valence-electron chi connectivity index (χ1n) is 18.1. The Hall–Kier alpha value is -2.82. The average molecular weight is 632 g/mol. The second kappa shape index (κ2) is 13.0. The third-order valence-electron chi connectivity index (χ3n) is 11.4. The van der Waals surface area contributed by atoms with Crippen LogP contribution in [-0.2, 0) is 17.0 Å². The van der Waals surface area contributed by atoms with Crippen molar-refractivity contribution in [2.75, 3.05) is 18.0 Å². The van der Waals surface area contributed by atoms with Gasteiger partial charge < -0.3 is 4.90 Å². The zero-order valence-electron chi connectivity index (χ0n) is 28.8. The van der Waals surface area contributed by atoms with Crippen molar-refractivity contribution >= 4 is 17.1 Å². The summed E-state index contributed by atoms with van der Waals surface area (Å²) in [6.07, 6.45) is 15.9. The summed E-state index contributed by atoms with van der Waals surface area (Å²) in [7, 11) is 0. The molecular formula is C41H54F3N2+. The molecule has 0 N–H and O–H groups in total. The minimum Gasteiger partial charge on any atom is -0.344 e. The van der Waals surface area contributed by atoms with Gasteiger partial charge in [0.2, 0.25) is 5.69 Å². The molecule has 2 aliphatic carbocycles. The molecule has 0 radical (unpaired) electrons. The fourth-order valence-electron chi connectivity index (χ4n) is 9.00. The average Bonchev–Trinajstić information content (AvgIpc) is 3.40. The van der Waals surface area contributed by atoms with E-state index in [1.807, 2.05) is 0 Å². The summed E-state index contributed by atoms with van der Waals surface area (Å²) in [5.74, 6) is 1.12. The van der Waals surface area contributed by atoms with Crippen molar-refractivity contribution in [3.8, 4) is 0 Å². The van der Waals surface area contributed by atoms with Gasteiger partial charge in [0.05, 0.1) is 11.0 Å². The molecule has 248 valence electrons. The summed E-state index contributed by atoms with van der Waals surface area (Å²) >= 11 is 0. The molecule has 2 fully saturated rings. The summed E-state index contributed by atoms with van der Waals surface area (Å²) < 4.78 is 44.8. The van der Waals surface area contributed by atoms with Crippen LogP contribution in [0.2, 0.25) is 0 Å². The van der Waals surface area contributed by atoms with Crippen molar-refractivity contribution in [2.24, 2.45) is 11.8 Å². The maximum atomic E-state index is 14.0. The molecule has 5 heteroatoms. The van der Waals surface area contributed by atoms with Crippen LogP contribution in [0.1, 0.15) is 127 Å². The predicted molar refractivity (Wildman–Crippen MR) is 185 cm³/mol. The van der Waals surface area contributed by atoms with Gasteiger partial charge in [0.15, 0.2) is 5.71 Å². The van der Waals surface area contributed by atoms with Crippen molar-refractivity contribution in [1.82, 2.24) is 0 Å². The first-order chi connectivity index (χ1) is 22.0. The lowest BCUT2D eigenvalue weighted by Crippen LogP contribution is -2.37. The third kappa shape index (κ3) is 6.01. The normalized spacial score (nSPS) is 21.5. The highest BCUT2D eigenvalue weighted by atomic mass is 19.4. The minimum absolute atomic E-state index is 0.0334. The van der Waals surface area contributed by atoms with E-state index in [0.717, 1.165) is 69.3 Å². The van der Waals surface area contributed by atoms with Gasteiger partial charge in [0, 0.05) is 47.5 Å². The van der Waals surface area contributed by atoms with Gasteiger partial charge in [-0.2, -0.15) is 17.7 Å². The van der Waals surface area contributed by atoms with Gasteiger partial charge in [-0.15, -0.1) is 0 Å². The number of allylic oxidation sites excluding steroid dienone is 4. The molecule has 2 aliphatic heterocycles. The summed E-state index contributed by atoms with van der Waals surface area (Å²) in [5.41, 5.74) is 7.84. The van der Waals surface area contributed by atoms with Crippen LogP contribution >= 0.6 is 0 Å². The van der Waals surface area contributed by atoms with E-state index in [1.165, 1.54) is 72.5 Å². The lowest BCUT2D eigenvalue weighted by molar-refractivity contribution is -0.439. The zero-order chi connectivity index (χ0) is 32.7. The van der Waals surface area contributed by atoms with Gasteiger partial charge >= 0.3 is 6.18 Å². The number of rotatable bonds is 8. The van der Waals surface area contributed by atoms with E-state index in [4.69, 9.17) is 0 Å². The second-order valence-electron chi connectivity index (χ2n) is 15.5. The fraction of sp³-hybridized carbons (Fsp3) is 0.585. The second-order valence-corrected chi connectivity index (χ2v) is 15.5. The summed E-state index contributed by atoms with van der Waals surface area (Å²) in [6.45, 7) is 13.1. The molecule has 2 aromatic carbocycles. The predicted octanol–water partition coefficient (Wildman–Crippen LogP) is 11.6. The molecule has 2 spiro atoms. The maximum absolute atomic E-state index is 14.0. The number of hydrogen-bond donors (Lipinski definition) is 0. The summed E-state index contributed by atoms with van der Waals surface area (Å²) in [4.78, 5) is 2.38. The number of aryl methyl sites for hydroxylation is 1. The van der Waals surface area contributed by atoms with Gasteiger partial charge in [0.25, 0.3) is 0 Å². The van der Waals surface area contributed by atoms with E-state index in [1.54, 1.807) is 6.07 Å². The van der Waals surface area contributed by atoms with Crippen molar-refractivity contribution in [3.63, 3.8) is 0 Å². The number of alkyl halides is 3. The molecular weight excluding hydrogens is 577 g/mol. The van der Waals surface area contributed by atoms with E-state index < -0.39 is 11.7 Å². The van der Waals surface area contributed by atoms with Crippen LogP contribution < -0.4 is 4.90 Å². The molecule has 4 aliphatic rings. The molecule has 2 aromatic rings. The lowest BCUT2D eigenvalue weighted by Gasteiger charge is -2.37. The van der Waals surface area contributed by atoms with E-state index in [0.29, 0.717) is 11.8 Å². The molecule has 46 heavy (non-hydrogen) atoms. The van der Waals surface area contributed by atoms with Crippen LogP contribution in [0.15, 0.2) is 60.3 Å². The SMILES string of the molecule is Cc1ccc2c(c1)C1(CCCCC1)C(/C=C/C=C1/N(CCC(C)C)c3ccc(C(F)(F)F)cc3C13CCCCC3)=[N+]2CCC(C)C. The molecule has 0 bridgehead atoms. The van der Waals surface area contributed by atoms with Crippen molar-refractivity contribution in [3.05, 3.63) is 82.6 Å². The maximum Gasteiger partial charge on any atom is 0.416 e. The van der Waals surface area contributed by atoms with Crippen LogP contribution in [0.25, 0.3) is 0 Å². The molecule has 0 atom stereocenters. The highest BCUT2D eigenvalue weighted by molar-refractivity contribution is 6.04. The van der Waals surface area contributed by atoms with E-state index in [-0.39, 0.29) is 10.8 Å². The molecule has 2 saturated carbocycles. The Morgan fingerprint density at radius 3 is 2.09 bits per heavy atom. The first kappa shape index (κ1) is 33.1. The lowest BCUT2D eigenvalue weighted by atomic mass is 9.67. The number of hydrogen-bond acceptors (Lipinski definition) is 1. The van der Waals surface area contributed by atoms with E-state index in [2.05, 4.69) is 80.5 Å². The number of nitrogens with zero attached hydrogens (tertiary/aromatic N) is 2. The highest BCUT2D eigenvalue weighted by Gasteiger charge is 2.52. The van der Waals surface area contributed by atoms with Gasteiger partial charge in [-0.1, -0.05) is 83.9 Å². The smallest absolute Gasteiger partial charge is 0.344 e. The van der Waals surface area contributed by atoms with E-state index >= 15 is 0 Å². The fourth-order valence-corrected chi connectivity index (χ4v) is 9.00.